The van der Waals surface area contributed by atoms with Gasteiger partial charge in [0, 0.05) is 50.3 Å². The molecule has 7 nitrogen and oxygen atoms in total. The number of fused-ring (bicyclic) bond motifs is 1. The fourth-order valence-corrected chi connectivity index (χ4v) is 3.81. The summed E-state index contributed by atoms with van der Waals surface area (Å²) in [4.78, 5) is 41.7. The van der Waals surface area contributed by atoms with E-state index in [1.807, 2.05) is 4.90 Å². The molecule has 0 aromatic heterocycles. The first-order valence-corrected chi connectivity index (χ1v) is 9.91. The minimum absolute atomic E-state index is 0.0111. The van der Waals surface area contributed by atoms with Crippen LogP contribution in [0.25, 0.3) is 0 Å². The van der Waals surface area contributed by atoms with Crippen molar-refractivity contribution in [2.45, 2.75) is 6.42 Å². The Balaban J connectivity index is 1.36. The number of likely N-dealkylation sites (N-methyl/N-ethyl adjacent to an activating group) is 1. The monoisotopic (exact) mass is 430 g/mol. The van der Waals surface area contributed by atoms with E-state index < -0.39 is 17.6 Å². The van der Waals surface area contributed by atoms with Crippen molar-refractivity contribution in [1.82, 2.24) is 4.90 Å². The summed E-state index contributed by atoms with van der Waals surface area (Å²) in [5, 5.41) is 2.68. The van der Waals surface area contributed by atoms with Crippen molar-refractivity contribution in [3.63, 3.8) is 0 Å². The van der Waals surface area contributed by atoms with Crippen molar-refractivity contribution in [1.29, 1.82) is 0 Å². The maximum absolute atomic E-state index is 13.7. The van der Waals surface area contributed by atoms with Crippen molar-refractivity contribution in [2.75, 3.05) is 48.3 Å². The van der Waals surface area contributed by atoms with Crippen LogP contribution in [0.4, 0.5) is 21.5 Å². The summed E-state index contributed by atoms with van der Waals surface area (Å²) in [6.07, 6.45) is 0.334. The molecule has 2 aliphatic heterocycles. The Morgan fingerprint density at radius 1 is 1.07 bits per heavy atom. The van der Waals surface area contributed by atoms with Crippen molar-refractivity contribution in [3.05, 3.63) is 52.8 Å². The largest absolute Gasteiger partial charge is 0.368 e. The van der Waals surface area contributed by atoms with Gasteiger partial charge >= 0.3 is 11.8 Å². The number of halogens is 2. The minimum Gasteiger partial charge on any atom is -0.368 e. The quantitative estimate of drug-likeness (QED) is 0.742. The molecule has 30 heavy (non-hydrogen) atoms. The van der Waals surface area contributed by atoms with E-state index in [-0.39, 0.29) is 10.9 Å². The van der Waals surface area contributed by atoms with E-state index in [1.54, 1.807) is 31.3 Å². The summed E-state index contributed by atoms with van der Waals surface area (Å²) in [6.45, 7) is 1.65. The van der Waals surface area contributed by atoms with Crippen LogP contribution in [0, 0.1) is 5.82 Å². The smallest absolute Gasteiger partial charge is 0.313 e. The summed E-state index contributed by atoms with van der Waals surface area (Å²) < 4.78 is 13.7. The van der Waals surface area contributed by atoms with E-state index in [0.717, 1.165) is 11.3 Å². The molecule has 4 rings (SSSR count). The second kappa shape index (κ2) is 7.95. The molecule has 0 atom stereocenters. The van der Waals surface area contributed by atoms with Gasteiger partial charge in [-0.1, -0.05) is 17.7 Å². The molecular weight excluding hydrogens is 411 g/mol. The van der Waals surface area contributed by atoms with Crippen LogP contribution in [0.15, 0.2) is 36.4 Å². The lowest BCUT2D eigenvalue weighted by molar-refractivity contribution is -0.143. The molecule has 1 N–H and O–H groups in total. The number of nitrogens with one attached hydrogen (secondary N) is 1. The van der Waals surface area contributed by atoms with E-state index in [2.05, 4.69) is 5.32 Å². The number of hydrogen-bond donors (Lipinski definition) is 1. The first-order valence-electron chi connectivity index (χ1n) is 9.53. The van der Waals surface area contributed by atoms with Crippen LogP contribution in [0.1, 0.15) is 5.56 Å². The fourth-order valence-electron chi connectivity index (χ4n) is 3.70. The van der Waals surface area contributed by atoms with Gasteiger partial charge in [-0.15, -0.1) is 0 Å². The minimum atomic E-state index is -0.729. The van der Waals surface area contributed by atoms with E-state index >= 15 is 0 Å². The highest BCUT2D eigenvalue weighted by Crippen LogP contribution is 2.30. The zero-order chi connectivity index (χ0) is 21.4. The normalized spacial score (nSPS) is 16.0. The van der Waals surface area contributed by atoms with Gasteiger partial charge in [-0.05, 0) is 35.9 Å². The average molecular weight is 431 g/mol. The van der Waals surface area contributed by atoms with Crippen LogP contribution in [-0.4, -0.2) is 55.8 Å². The summed E-state index contributed by atoms with van der Waals surface area (Å²) in [5.41, 5.74) is 2.77. The lowest BCUT2D eigenvalue weighted by atomic mass is 10.1. The summed E-state index contributed by atoms with van der Waals surface area (Å²) in [7, 11) is 1.68. The number of nitrogens with zero attached hydrogens (tertiary/aromatic N) is 3. The fraction of sp³-hybridized carbons (Fsp3) is 0.286. The van der Waals surface area contributed by atoms with Crippen LogP contribution in [0.3, 0.4) is 0 Å². The third-order valence-electron chi connectivity index (χ3n) is 5.45. The van der Waals surface area contributed by atoms with Gasteiger partial charge in [-0.25, -0.2) is 4.39 Å². The summed E-state index contributed by atoms with van der Waals surface area (Å²) in [5.74, 6) is -1.86. The second-order valence-corrected chi connectivity index (χ2v) is 7.71. The molecular formula is C21H20ClFN4O3. The molecule has 0 aliphatic carbocycles. The molecule has 2 aromatic carbocycles. The van der Waals surface area contributed by atoms with Gasteiger partial charge in [-0.2, -0.15) is 0 Å². The van der Waals surface area contributed by atoms with Crippen LogP contribution < -0.4 is 15.1 Å². The highest BCUT2D eigenvalue weighted by molar-refractivity contribution is 6.39. The van der Waals surface area contributed by atoms with Gasteiger partial charge in [-0.3, -0.25) is 14.4 Å². The number of anilines is 3. The Morgan fingerprint density at radius 3 is 2.50 bits per heavy atom. The Bertz CT molecular complexity index is 1040. The zero-order valence-electron chi connectivity index (χ0n) is 16.3. The Kier molecular flexibility index (Phi) is 5.34. The van der Waals surface area contributed by atoms with Gasteiger partial charge in [0.05, 0.1) is 11.4 Å². The molecule has 0 spiro atoms. The van der Waals surface area contributed by atoms with E-state index in [9.17, 15) is 18.8 Å². The maximum Gasteiger partial charge on any atom is 0.313 e. The predicted octanol–water partition coefficient (Wildman–Crippen LogP) is 2.29. The lowest BCUT2D eigenvalue weighted by Gasteiger charge is -2.35. The zero-order valence-corrected chi connectivity index (χ0v) is 17.1. The highest BCUT2D eigenvalue weighted by Gasteiger charge is 2.28. The standard InChI is InChI=1S/C21H20ClFN4O3/c1-25-18-11-14(3-2-13(18)10-19(25)28)24-20(29)21(30)27-8-6-26(7-9-27)15-4-5-16(22)17(23)12-15/h2-5,11-12H,6-10H2,1H3,(H,24,29). The Hall–Kier alpha value is -3.13. The maximum atomic E-state index is 13.7. The van der Waals surface area contributed by atoms with Gasteiger partial charge in [0.15, 0.2) is 0 Å². The van der Waals surface area contributed by atoms with Gasteiger partial charge in [0.25, 0.3) is 0 Å². The number of hydrogen-bond acceptors (Lipinski definition) is 4. The molecule has 0 radical (unpaired) electrons. The second-order valence-electron chi connectivity index (χ2n) is 7.30. The molecule has 2 aromatic rings. The number of piperazine rings is 1. The molecule has 3 amide bonds. The summed E-state index contributed by atoms with van der Waals surface area (Å²) >= 11 is 5.72. The molecule has 1 saturated heterocycles. The van der Waals surface area contributed by atoms with Gasteiger partial charge in [0.2, 0.25) is 5.91 Å². The average Bonchev–Trinajstić information content (AvgIpc) is 3.03. The van der Waals surface area contributed by atoms with Crippen LogP contribution in [0.2, 0.25) is 5.02 Å². The number of amides is 3. The molecule has 0 saturated carbocycles. The van der Waals surface area contributed by atoms with Gasteiger partial charge in [0.1, 0.15) is 5.82 Å². The molecule has 0 bridgehead atoms. The summed E-state index contributed by atoms with van der Waals surface area (Å²) in [6, 6.07) is 9.74. The highest BCUT2D eigenvalue weighted by atomic mass is 35.5. The molecule has 0 unspecified atom stereocenters. The predicted molar refractivity (Wildman–Crippen MR) is 112 cm³/mol. The molecule has 1 fully saturated rings. The molecule has 2 heterocycles. The van der Waals surface area contributed by atoms with Crippen molar-refractivity contribution in [2.24, 2.45) is 0 Å². The van der Waals surface area contributed by atoms with Crippen LogP contribution >= 0.6 is 11.6 Å². The van der Waals surface area contributed by atoms with Crippen LogP contribution in [0.5, 0.6) is 0 Å². The van der Waals surface area contributed by atoms with Crippen molar-refractivity contribution >= 4 is 46.4 Å². The van der Waals surface area contributed by atoms with Crippen LogP contribution in [-0.2, 0) is 20.8 Å². The third-order valence-corrected chi connectivity index (χ3v) is 5.76. The van der Waals surface area contributed by atoms with E-state index in [0.29, 0.717) is 44.0 Å². The van der Waals surface area contributed by atoms with Gasteiger partial charge < -0.3 is 20.0 Å². The SMILES string of the molecule is CN1C(=O)Cc2ccc(NC(=O)C(=O)N3CCN(c4ccc(Cl)c(F)c4)CC3)cc21. The molecule has 156 valence electrons. The Labute approximate surface area is 178 Å². The third kappa shape index (κ3) is 3.82. The number of benzene rings is 2. The number of carbonyl (C=O) groups excluding carboxylic acids is 3. The molecule has 2 aliphatic rings. The van der Waals surface area contributed by atoms with Crippen molar-refractivity contribution in [3.8, 4) is 0 Å². The molecule has 9 heteroatoms. The first-order chi connectivity index (χ1) is 14.3. The lowest BCUT2D eigenvalue weighted by Crippen LogP contribution is -2.51. The number of rotatable bonds is 2. The first kappa shape index (κ1) is 20.2. The number of carbonyl (C=O) groups is 3. The Morgan fingerprint density at radius 2 is 1.80 bits per heavy atom. The van der Waals surface area contributed by atoms with E-state index in [1.165, 1.54) is 21.9 Å². The van der Waals surface area contributed by atoms with E-state index in [4.69, 9.17) is 11.6 Å². The topological polar surface area (TPSA) is 73.0 Å². The van der Waals surface area contributed by atoms with Crippen molar-refractivity contribution < 1.29 is 18.8 Å².